The maximum Gasteiger partial charge on any atom is 0.318 e. The highest BCUT2D eigenvalue weighted by atomic mass is 16.4. The summed E-state index contributed by atoms with van der Waals surface area (Å²) >= 11 is 0. The molecule has 0 radical (unpaired) electrons. The molecule has 1 saturated heterocycles. The average Bonchev–Trinajstić information content (AvgIpc) is 2.82. The van der Waals surface area contributed by atoms with Gasteiger partial charge in [0.05, 0.1) is 6.54 Å². The molecule has 1 fully saturated rings. The van der Waals surface area contributed by atoms with Crippen molar-refractivity contribution in [1.82, 2.24) is 15.5 Å². The number of hydrogen-bond acceptors (Lipinski definition) is 5. The van der Waals surface area contributed by atoms with Crippen LogP contribution in [0.3, 0.4) is 0 Å². The van der Waals surface area contributed by atoms with E-state index in [2.05, 4.69) is 41.2 Å². The van der Waals surface area contributed by atoms with Gasteiger partial charge in [0.15, 0.2) is 0 Å². The largest absolute Gasteiger partial charge is 0.407 e. The summed E-state index contributed by atoms with van der Waals surface area (Å²) in [6.45, 7) is 9.54. The Labute approximate surface area is 103 Å². The Bertz CT molecular complexity index is 369. The van der Waals surface area contributed by atoms with Crippen molar-refractivity contribution in [2.75, 3.05) is 25.0 Å². The van der Waals surface area contributed by atoms with Gasteiger partial charge in [0.2, 0.25) is 5.89 Å². The van der Waals surface area contributed by atoms with E-state index < -0.39 is 0 Å². The molecule has 1 aliphatic rings. The SMILES string of the molecule is CNCc1nnc(N2CCC(C(C)(C)C)C2)o1. The molecule has 1 aliphatic heterocycles. The minimum Gasteiger partial charge on any atom is -0.407 e. The standard InChI is InChI=1S/C12H22N4O/c1-12(2,3)9-5-6-16(8-9)11-15-14-10(17-11)7-13-4/h9,13H,5-8H2,1-4H3. The molecule has 96 valence electrons. The molecule has 1 unspecified atom stereocenters. The van der Waals surface area contributed by atoms with E-state index in [-0.39, 0.29) is 0 Å². The molecule has 0 bridgehead atoms. The average molecular weight is 238 g/mol. The summed E-state index contributed by atoms with van der Waals surface area (Å²) in [5.74, 6) is 1.35. The van der Waals surface area contributed by atoms with Crippen LogP contribution in [0.15, 0.2) is 4.42 Å². The van der Waals surface area contributed by atoms with Crippen LogP contribution in [0, 0.1) is 11.3 Å². The number of nitrogens with one attached hydrogen (secondary N) is 1. The topological polar surface area (TPSA) is 54.2 Å². The second-order valence-electron chi connectivity index (χ2n) is 5.81. The van der Waals surface area contributed by atoms with Crippen molar-refractivity contribution in [2.24, 2.45) is 11.3 Å². The number of rotatable bonds is 3. The first-order valence-electron chi connectivity index (χ1n) is 6.22. The summed E-state index contributed by atoms with van der Waals surface area (Å²) in [6, 6.07) is 0.669. The Balaban J connectivity index is 2.00. The van der Waals surface area contributed by atoms with Gasteiger partial charge in [0.1, 0.15) is 0 Å². The van der Waals surface area contributed by atoms with Crippen molar-refractivity contribution in [1.29, 1.82) is 0 Å². The summed E-state index contributed by atoms with van der Waals surface area (Å²) in [6.07, 6.45) is 1.20. The van der Waals surface area contributed by atoms with E-state index in [9.17, 15) is 0 Å². The highest BCUT2D eigenvalue weighted by Crippen LogP contribution is 2.35. The van der Waals surface area contributed by atoms with Gasteiger partial charge in [-0.25, -0.2) is 0 Å². The maximum absolute atomic E-state index is 5.61. The third-order valence-electron chi connectivity index (χ3n) is 3.47. The van der Waals surface area contributed by atoms with Gasteiger partial charge in [-0.2, -0.15) is 0 Å². The molecule has 1 N–H and O–H groups in total. The summed E-state index contributed by atoms with van der Waals surface area (Å²) in [7, 11) is 1.87. The minimum absolute atomic E-state index is 0.350. The fraction of sp³-hybridized carbons (Fsp3) is 0.833. The molecule has 2 rings (SSSR count). The van der Waals surface area contributed by atoms with Gasteiger partial charge >= 0.3 is 6.01 Å². The molecule has 17 heavy (non-hydrogen) atoms. The van der Waals surface area contributed by atoms with E-state index in [4.69, 9.17) is 4.42 Å². The van der Waals surface area contributed by atoms with Crippen LogP contribution in [0.5, 0.6) is 0 Å². The monoisotopic (exact) mass is 238 g/mol. The van der Waals surface area contributed by atoms with Crippen LogP contribution >= 0.6 is 0 Å². The van der Waals surface area contributed by atoms with Crippen molar-refractivity contribution in [3.05, 3.63) is 5.89 Å². The molecule has 0 saturated carbocycles. The van der Waals surface area contributed by atoms with Crippen LogP contribution in [-0.4, -0.2) is 30.3 Å². The zero-order valence-corrected chi connectivity index (χ0v) is 11.2. The predicted molar refractivity (Wildman–Crippen MR) is 66.8 cm³/mol. The van der Waals surface area contributed by atoms with Crippen molar-refractivity contribution in [3.63, 3.8) is 0 Å². The molecule has 0 spiro atoms. The molecule has 1 aromatic heterocycles. The summed E-state index contributed by atoms with van der Waals surface area (Å²) in [5, 5.41) is 11.1. The molecular formula is C12H22N4O. The highest BCUT2D eigenvalue weighted by Gasteiger charge is 2.33. The lowest BCUT2D eigenvalue weighted by atomic mass is 9.80. The first-order valence-corrected chi connectivity index (χ1v) is 6.22. The first-order chi connectivity index (χ1) is 8.00. The highest BCUT2D eigenvalue weighted by molar-refractivity contribution is 5.26. The van der Waals surface area contributed by atoms with E-state index in [1.54, 1.807) is 0 Å². The second kappa shape index (κ2) is 4.64. The van der Waals surface area contributed by atoms with Crippen molar-refractivity contribution in [2.45, 2.75) is 33.7 Å². The molecule has 0 amide bonds. The zero-order chi connectivity index (χ0) is 12.5. The van der Waals surface area contributed by atoms with E-state index in [0.29, 0.717) is 29.8 Å². The number of nitrogens with zero attached hydrogens (tertiary/aromatic N) is 3. The normalized spacial score (nSPS) is 21.2. The van der Waals surface area contributed by atoms with Gasteiger partial charge in [0, 0.05) is 13.1 Å². The Morgan fingerprint density at radius 1 is 1.41 bits per heavy atom. The Morgan fingerprint density at radius 3 is 2.76 bits per heavy atom. The first kappa shape index (κ1) is 12.4. The van der Waals surface area contributed by atoms with Crippen LogP contribution in [0.1, 0.15) is 33.1 Å². The molecular weight excluding hydrogens is 216 g/mol. The molecule has 5 heteroatoms. The summed E-state index contributed by atoms with van der Waals surface area (Å²) in [5.41, 5.74) is 0.350. The van der Waals surface area contributed by atoms with Crippen molar-refractivity contribution < 1.29 is 4.42 Å². The summed E-state index contributed by atoms with van der Waals surface area (Å²) < 4.78 is 5.61. The van der Waals surface area contributed by atoms with Crippen molar-refractivity contribution in [3.8, 4) is 0 Å². The zero-order valence-electron chi connectivity index (χ0n) is 11.2. The summed E-state index contributed by atoms with van der Waals surface area (Å²) in [4.78, 5) is 2.20. The molecule has 1 aromatic rings. The lowest BCUT2D eigenvalue weighted by molar-refractivity contribution is 0.263. The van der Waals surface area contributed by atoms with E-state index >= 15 is 0 Å². The van der Waals surface area contributed by atoms with Crippen LogP contribution in [0.25, 0.3) is 0 Å². The van der Waals surface area contributed by atoms with E-state index in [0.717, 1.165) is 13.1 Å². The molecule has 5 nitrogen and oxygen atoms in total. The molecule has 2 heterocycles. The molecule has 0 aromatic carbocycles. The predicted octanol–water partition coefficient (Wildman–Crippen LogP) is 1.66. The van der Waals surface area contributed by atoms with Crippen LogP contribution in [0.4, 0.5) is 6.01 Å². The van der Waals surface area contributed by atoms with Crippen LogP contribution < -0.4 is 10.2 Å². The van der Waals surface area contributed by atoms with E-state index in [1.165, 1.54) is 6.42 Å². The van der Waals surface area contributed by atoms with Gasteiger partial charge in [-0.15, -0.1) is 5.10 Å². The Hall–Kier alpha value is -1.10. The lowest BCUT2D eigenvalue weighted by Gasteiger charge is -2.26. The van der Waals surface area contributed by atoms with Crippen LogP contribution in [-0.2, 0) is 6.54 Å². The van der Waals surface area contributed by atoms with Gasteiger partial charge < -0.3 is 14.6 Å². The van der Waals surface area contributed by atoms with Crippen LogP contribution in [0.2, 0.25) is 0 Å². The maximum atomic E-state index is 5.61. The molecule has 1 atom stereocenters. The van der Waals surface area contributed by atoms with Gasteiger partial charge in [-0.3, -0.25) is 0 Å². The molecule has 0 aliphatic carbocycles. The Morgan fingerprint density at radius 2 is 2.18 bits per heavy atom. The third-order valence-corrected chi connectivity index (χ3v) is 3.47. The van der Waals surface area contributed by atoms with Crippen molar-refractivity contribution >= 4 is 6.01 Å². The Kier molecular flexibility index (Phi) is 3.38. The fourth-order valence-electron chi connectivity index (χ4n) is 2.24. The lowest BCUT2D eigenvalue weighted by Crippen LogP contribution is -2.25. The second-order valence-corrected chi connectivity index (χ2v) is 5.81. The van der Waals surface area contributed by atoms with E-state index in [1.807, 2.05) is 7.05 Å². The smallest absolute Gasteiger partial charge is 0.318 e. The number of aromatic nitrogens is 2. The minimum atomic E-state index is 0.350. The quantitative estimate of drug-likeness (QED) is 0.868. The van der Waals surface area contributed by atoms with Gasteiger partial charge in [-0.05, 0) is 24.8 Å². The number of hydrogen-bond donors (Lipinski definition) is 1. The van der Waals surface area contributed by atoms with Gasteiger partial charge in [-0.1, -0.05) is 25.9 Å². The third kappa shape index (κ3) is 2.77. The fourth-order valence-corrected chi connectivity index (χ4v) is 2.24. The number of anilines is 1. The van der Waals surface area contributed by atoms with Gasteiger partial charge in [0.25, 0.3) is 0 Å².